The molecule has 1 N–H and O–H groups in total. The van der Waals surface area contributed by atoms with Gasteiger partial charge in [0.05, 0.1) is 6.61 Å². The van der Waals surface area contributed by atoms with Gasteiger partial charge in [-0.15, -0.1) is 0 Å². The van der Waals surface area contributed by atoms with Crippen molar-refractivity contribution in [1.82, 2.24) is 5.32 Å². The number of hydrogen-bond donors (Lipinski definition) is 1. The van der Waals surface area contributed by atoms with Crippen molar-refractivity contribution in [2.24, 2.45) is 5.11 Å². The molecule has 0 fully saturated rings. The molecule has 0 unspecified atom stereocenters. The zero-order chi connectivity index (χ0) is 18.3. The van der Waals surface area contributed by atoms with Gasteiger partial charge < -0.3 is 10.1 Å². The van der Waals surface area contributed by atoms with Gasteiger partial charge in [-0.05, 0) is 12.0 Å². The highest BCUT2D eigenvalue weighted by molar-refractivity contribution is 5.95. The Morgan fingerprint density at radius 1 is 1.21 bits per heavy atom. The molecule has 7 nitrogen and oxygen atoms in total. The van der Waals surface area contributed by atoms with E-state index in [1.807, 2.05) is 10.2 Å². The number of rotatable bonds is 7. The predicted octanol–water partition coefficient (Wildman–Crippen LogP) is 3.03. The Labute approximate surface area is 132 Å². The first-order valence-corrected chi connectivity index (χ1v) is 6.33. The van der Waals surface area contributed by atoms with Crippen molar-refractivity contribution in [3.8, 4) is 0 Å². The molecule has 11 heteroatoms. The number of carbonyl (C=O) groups is 2. The van der Waals surface area contributed by atoms with Crippen molar-refractivity contribution in [2.45, 2.75) is 6.42 Å². The summed E-state index contributed by atoms with van der Waals surface area (Å²) in [4.78, 5) is 24.4. The van der Waals surface area contributed by atoms with Crippen LogP contribution in [0.3, 0.4) is 0 Å². The van der Waals surface area contributed by atoms with Crippen molar-refractivity contribution >= 4 is 17.6 Å². The molecule has 128 valence electrons. The number of halogens is 4. The topological polar surface area (TPSA) is 104 Å². The standard InChI is InChI=1S/C13H10F4N4O3/c1-2-6(22)24-5-3-4-19-13(23)7-8(14)10(16)12(20-21-18)11(17)9(7)15/h2H,1,3-5H2,(H,19,23). The number of azide groups is 1. The summed E-state index contributed by atoms with van der Waals surface area (Å²) in [7, 11) is 0. The number of ether oxygens (including phenoxy) is 1. The lowest BCUT2D eigenvalue weighted by atomic mass is 10.1. The van der Waals surface area contributed by atoms with Crippen LogP contribution in [0.25, 0.3) is 10.4 Å². The van der Waals surface area contributed by atoms with Crippen LogP contribution in [0.15, 0.2) is 17.8 Å². The largest absolute Gasteiger partial charge is 0.462 e. The molecule has 1 amide bonds. The maximum atomic E-state index is 13.7. The average molecular weight is 346 g/mol. The molecule has 0 atom stereocenters. The van der Waals surface area contributed by atoms with Crippen molar-refractivity contribution in [1.29, 1.82) is 0 Å². The molecule has 0 aliphatic carbocycles. The molecule has 0 aliphatic heterocycles. The van der Waals surface area contributed by atoms with E-state index < -0.39 is 46.4 Å². The van der Waals surface area contributed by atoms with Gasteiger partial charge in [0.25, 0.3) is 5.91 Å². The normalized spacial score (nSPS) is 9.83. The van der Waals surface area contributed by atoms with Gasteiger partial charge in [-0.2, -0.15) is 0 Å². The van der Waals surface area contributed by atoms with E-state index in [1.54, 1.807) is 0 Å². The van der Waals surface area contributed by atoms with Crippen molar-refractivity contribution in [3.05, 3.63) is 51.9 Å². The zero-order valence-electron chi connectivity index (χ0n) is 12.0. The number of nitrogens with one attached hydrogen (secondary N) is 1. The van der Waals surface area contributed by atoms with Crippen LogP contribution in [0.4, 0.5) is 23.2 Å². The molecule has 0 spiro atoms. The maximum Gasteiger partial charge on any atom is 0.330 e. The molecule has 24 heavy (non-hydrogen) atoms. The number of nitrogens with zero attached hydrogens (tertiary/aromatic N) is 3. The van der Waals surface area contributed by atoms with Gasteiger partial charge >= 0.3 is 5.97 Å². The Hall–Kier alpha value is -3.07. The van der Waals surface area contributed by atoms with E-state index in [0.29, 0.717) is 0 Å². The highest BCUT2D eigenvalue weighted by Gasteiger charge is 2.28. The lowest BCUT2D eigenvalue weighted by Crippen LogP contribution is -2.28. The highest BCUT2D eigenvalue weighted by Crippen LogP contribution is 2.30. The molecule has 1 aromatic rings. The summed E-state index contributed by atoms with van der Waals surface area (Å²) >= 11 is 0. The Balaban J connectivity index is 2.86. The van der Waals surface area contributed by atoms with Crippen molar-refractivity contribution < 1.29 is 31.9 Å². The van der Waals surface area contributed by atoms with Crippen LogP contribution in [0.2, 0.25) is 0 Å². The summed E-state index contributed by atoms with van der Waals surface area (Å²) in [6, 6.07) is 0. The molecule has 1 aromatic carbocycles. The van der Waals surface area contributed by atoms with E-state index in [9.17, 15) is 27.2 Å². The van der Waals surface area contributed by atoms with Crippen LogP contribution in [0.5, 0.6) is 0 Å². The summed E-state index contributed by atoms with van der Waals surface area (Å²) in [5, 5.41) is 4.51. The fourth-order valence-corrected chi connectivity index (χ4v) is 1.55. The third kappa shape index (κ3) is 4.23. The minimum atomic E-state index is -1.99. The molecular weight excluding hydrogens is 336 g/mol. The van der Waals surface area contributed by atoms with Gasteiger partial charge in [0, 0.05) is 17.5 Å². The van der Waals surface area contributed by atoms with Gasteiger partial charge in [0.15, 0.2) is 23.3 Å². The van der Waals surface area contributed by atoms with E-state index in [0.717, 1.165) is 6.08 Å². The fraction of sp³-hybridized carbons (Fsp3) is 0.231. The number of carbonyl (C=O) groups excluding carboxylic acids is 2. The van der Waals surface area contributed by atoms with E-state index in [-0.39, 0.29) is 19.6 Å². The fourth-order valence-electron chi connectivity index (χ4n) is 1.55. The number of esters is 1. The van der Waals surface area contributed by atoms with Crippen LogP contribution >= 0.6 is 0 Å². The third-order valence-electron chi connectivity index (χ3n) is 2.63. The second kappa shape index (κ2) is 8.53. The monoisotopic (exact) mass is 346 g/mol. The van der Waals surface area contributed by atoms with E-state index in [2.05, 4.69) is 16.4 Å². The molecule has 0 aromatic heterocycles. The third-order valence-corrected chi connectivity index (χ3v) is 2.63. The molecule has 0 saturated heterocycles. The van der Waals surface area contributed by atoms with Crippen LogP contribution in [-0.4, -0.2) is 25.0 Å². The second-order valence-corrected chi connectivity index (χ2v) is 4.15. The first kappa shape index (κ1) is 19.0. The van der Waals surface area contributed by atoms with E-state index in [1.165, 1.54) is 0 Å². The smallest absolute Gasteiger partial charge is 0.330 e. The van der Waals surface area contributed by atoms with E-state index >= 15 is 0 Å². The summed E-state index contributed by atoms with van der Waals surface area (Å²) in [6.45, 7) is 2.85. The molecule has 0 radical (unpaired) electrons. The SMILES string of the molecule is C=CC(=O)OCCCNC(=O)c1c(F)c(F)c(N=[N+]=[N-])c(F)c1F. The van der Waals surface area contributed by atoms with Crippen LogP contribution in [0.1, 0.15) is 16.8 Å². The predicted molar refractivity (Wildman–Crippen MR) is 73.2 cm³/mol. The highest BCUT2D eigenvalue weighted by atomic mass is 19.2. The van der Waals surface area contributed by atoms with Crippen molar-refractivity contribution in [2.75, 3.05) is 13.2 Å². The summed E-state index contributed by atoms with van der Waals surface area (Å²) in [5.74, 6) is -10.1. The van der Waals surface area contributed by atoms with Crippen LogP contribution in [-0.2, 0) is 9.53 Å². The number of benzene rings is 1. The van der Waals surface area contributed by atoms with Gasteiger partial charge in [0.1, 0.15) is 11.3 Å². The first-order valence-electron chi connectivity index (χ1n) is 6.33. The van der Waals surface area contributed by atoms with Crippen LogP contribution in [0, 0.1) is 23.3 Å². The maximum absolute atomic E-state index is 13.7. The summed E-state index contributed by atoms with van der Waals surface area (Å²) in [5.41, 5.74) is 5.10. The minimum Gasteiger partial charge on any atom is -0.462 e. The summed E-state index contributed by atoms with van der Waals surface area (Å²) < 4.78 is 59.0. The molecule has 0 aliphatic rings. The quantitative estimate of drug-likeness (QED) is 0.120. The van der Waals surface area contributed by atoms with Gasteiger partial charge in [-0.1, -0.05) is 11.7 Å². The molecule has 0 bridgehead atoms. The summed E-state index contributed by atoms with van der Waals surface area (Å²) in [6.07, 6.45) is 0.997. The lowest BCUT2D eigenvalue weighted by molar-refractivity contribution is -0.137. The minimum absolute atomic E-state index is 0.0797. The lowest BCUT2D eigenvalue weighted by Gasteiger charge is -2.10. The Morgan fingerprint density at radius 3 is 2.29 bits per heavy atom. The van der Waals surface area contributed by atoms with Crippen LogP contribution < -0.4 is 5.32 Å². The van der Waals surface area contributed by atoms with Crippen molar-refractivity contribution in [3.63, 3.8) is 0 Å². The van der Waals surface area contributed by atoms with Gasteiger partial charge in [-0.3, -0.25) is 4.79 Å². The molecule has 1 rings (SSSR count). The molecule has 0 heterocycles. The molecular formula is C13H10F4N4O3. The Morgan fingerprint density at radius 2 is 1.79 bits per heavy atom. The Kier molecular flexibility index (Phi) is 6.75. The molecule has 0 saturated carbocycles. The second-order valence-electron chi connectivity index (χ2n) is 4.15. The average Bonchev–Trinajstić information content (AvgIpc) is 2.56. The first-order chi connectivity index (χ1) is 11.3. The van der Waals surface area contributed by atoms with Gasteiger partial charge in [-0.25, -0.2) is 22.4 Å². The number of hydrogen-bond acceptors (Lipinski definition) is 4. The Bertz CT molecular complexity index is 703. The zero-order valence-corrected chi connectivity index (χ0v) is 12.0. The van der Waals surface area contributed by atoms with E-state index in [4.69, 9.17) is 5.53 Å². The number of amides is 1. The van der Waals surface area contributed by atoms with Gasteiger partial charge in [0.2, 0.25) is 0 Å².